The van der Waals surface area contributed by atoms with Crippen molar-refractivity contribution in [3.63, 3.8) is 0 Å². The Morgan fingerprint density at radius 3 is 2.56 bits per heavy atom. The number of thiophene rings is 1. The van der Waals surface area contributed by atoms with Crippen LogP contribution in [-0.2, 0) is 9.59 Å². The van der Waals surface area contributed by atoms with E-state index in [2.05, 4.69) is 10.6 Å². The van der Waals surface area contributed by atoms with Gasteiger partial charge in [0.2, 0.25) is 11.8 Å². The molecule has 1 heterocycles. The van der Waals surface area contributed by atoms with Gasteiger partial charge in [-0.3, -0.25) is 9.59 Å². The third kappa shape index (κ3) is 5.83. The van der Waals surface area contributed by atoms with Gasteiger partial charge in [-0.1, -0.05) is 32.0 Å². The molecule has 0 bridgehead atoms. The number of nitrogens with one attached hydrogen (secondary N) is 2. The predicted octanol–water partition coefficient (Wildman–Crippen LogP) is 3.46. The maximum Gasteiger partial charge on any atom is 0.244 e. The van der Waals surface area contributed by atoms with Crippen LogP contribution in [0.1, 0.15) is 18.7 Å². The molecular formula is C19H21FN2O2S. The molecule has 0 fully saturated rings. The molecule has 6 heteroatoms. The molecule has 25 heavy (non-hydrogen) atoms. The Hall–Kier alpha value is -2.47. The van der Waals surface area contributed by atoms with Crippen LogP contribution < -0.4 is 10.6 Å². The average molecular weight is 360 g/mol. The van der Waals surface area contributed by atoms with Gasteiger partial charge in [0, 0.05) is 40.4 Å². The molecule has 0 spiro atoms. The van der Waals surface area contributed by atoms with Crippen LogP contribution >= 0.6 is 11.3 Å². The summed E-state index contributed by atoms with van der Waals surface area (Å²) in [6, 6.07) is 10.3. The first-order valence-corrected chi connectivity index (χ1v) is 8.87. The fourth-order valence-corrected chi connectivity index (χ4v) is 2.98. The monoisotopic (exact) mass is 360 g/mol. The van der Waals surface area contributed by atoms with E-state index in [1.165, 1.54) is 23.5 Å². The fraction of sp³-hybridized carbons (Fsp3) is 0.263. The smallest absolute Gasteiger partial charge is 0.244 e. The zero-order valence-corrected chi connectivity index (χ0v) is 15.0. The van der Waals surface area contributed by atoms with Gasteiger partial charge in [0.15, 0.2) is 0 Å². The van der Waals surface area contributed by atoms with Gasteiger partial charge in [-0.2, -0.15) is 0 Å². The van der Waals surface area contributed by atoms with E-state index < -0.39 is 0 Å². The average Bonchev–Trinajstić information content (AvgIpc) is 3.05. The number of carbonyl (C=O) groups is 2. The topological polar surface area (TPSA) is 58.2 Å². The van der Waals surface area contributed by atoms with Crippen molar-refractivity contribution >= 4 is 29.2 Å². The normalized spacial score (nSPS) is 11.0. The van der Waals surface area contributed by atoms with Crippen LogP contribution in [0.5, 0.6) is 0 Å². The third-order valence-electron chi connectivity index (χ3n) is 3.41. The summed E-state index contributed by atoms with van der Waals surface area (Å²) in [4.78, 5) is 24.8. The molecule has 0 saturated carbocycles. The first kappa shape index (κ1) is 18.9. The number of rotatable bonds is 7. The van der Waals surface area contributed by atoms with E-state index in [1.54, 1.807) is 24.3 Å². The van der Waals surface area contributed by atoms with E-state index in [1.807, 2.05) is 26.0 Å². The molecule has 0 aliphatic rings. The highest BCUT2D eigenvalue weighted by Crippen LogP contribution is 2.30. The summed E-state index contributed by atoms with van der Waals surface area (Å²) in [7, 11) is 0. The van der Waals surface area contributed by atoms with Gasteiger partial charge >= 0.3 is 0 Å². The van der Waals surface area contributed by atoms with Crippen LogP contribution in [0.2, 0.25) is 0 Å². The Kier molecular flexibility index (Phi) is 6.89. The number of halogens is 1. The number of hydrogen-bond acceptors (Lipinski definition) is 3. The molecular weight excluding hydrogens is 339 g/mol. The fourth-order valence-electron chi connectivity index (χ4n) is 2.04. The van der Waals surface area contributed by atoms with E-state index in [-0.39, 0.29) is 23.5 Å². The largest absolute Gasteiger partial charge is 0.354 e. The lowest BCUT2D eigenvalue weighted by molar-refractivity contribution is -0.124. The quantitative estimate of drug-likeness (QED) is 0.587. The van der Waals surface area contributed by atoms with Crippen LogP contribution in [0.4, 0.5) is 4.39 Å². The van der Waals surface area contributed by atoms with Crippen molar-refractivity contribution in [1.29, 1.82) is 0 Å². The molecule has 1 aromatic heterocycles. The third-order valence-corrected chi connectivity index (χ3v) is 4.50. The molecule has 0 atom stereocenters. The van der Waals surface area contributed by atoms with Crippen molar-refractivity contribution in [2.75, 3.05) is 13.1 Å². The van der Waals surface area contributed by atoms with Crippen LogP contribution in [0, 0.1) is 11.7 Å². The van der Waals surface area contributed by atoms with Gasteiger partial charge in [-0.05, 0) is 24.3 Å². The summed E-state index contributed by atoms with van der Waals surface area (Å²) in [5.74, 6) is -0.608. The number of amides is 2. The minimum absolute atomic E-state index is 0.0379. The minimum Gasteiger partial charge on any atom is -0.354 e. The second kappa shape index (κ2) is 9.13. The lowest BCUT2D eigenvalue weighted by Crippen LogP contribution is -2.35. The molecule has 2 amide bonds. The standard InChI is InChI=1S/C19H21FN2O2S/c1-13(2)19(24)22-12-11-21-18(23)10-8-14-7-9-17(25-14)15-5-3-4-6-16(15)20/h3-10,13H,11-12H2,1-2H3,(H,21,23)(H,22,24)/b10-8+. The van der Waals surface area contributed by atoms with Crippen LogP contribution in [-0.4, -0.2) is 24.9 Å². The molecule has 0 aliphatic heterocycles. The summed E-state index contributed by atoms with van der Waals surface area (Å²) in [5, 5.41) is 5.43. The van der Waals surface area contributed by atoms with Crippen molar-refractivity contribution in [1.82, 2.24) is 10.6 Å². The highest BCUT2D eigenvalue weighted by atomic mass is 32.1. The molecule has 2 rings (SSSR count). The number of hydrogen-bond donors (Lipinski definition) is 2. The summed E-state index contributed by atoms with van der Waals surface area (Å²) in [6.45, 7) is 4.39. The highest BCUT2D eigenvalue weighted by molar-refractivity contribution is 7.16. The molecule has 0 radical (unpaired) electrons. The summed E-state index contributed by atoms with van der Waals surface area (Å²) < 4.78 is 13.8. The predicted molar refractivity (Wildman–Crippen MR) is 99.6 cm³/mol. The lowest BCUT2D eigenvalue weighted by atomic mass is 10.2. The second-order valence-corrected chi connectivity index (χ2v) is 6.87. The first-order valence-electron chi connectivity index (χ1n) is 8.05. The van der Waals surface area contributed by atoms with Gasteiger partial charge in [-0.25, -0.2) is 4.39 Å². The van der Waals surface area contributed by atoms with Crippen molar-refractivity contribution in [3.05, 3.63) is 53.2 Å². The molecule has 2 N–H and O–H groups in total. The van der Waals surface area contributed by atoms with Crippen LogP contribution in [0.3, 0.4) is 0 Å². The molecule has 1 aromatic carbocycles. The molecule has 0 unspecified atom stereocenters. The maximum absolute atomic E-state index is 13.8. The highest BCUT2D eigenvalue weighted by Gasteiger charge is 2.07. The Labute approximate surface area is 150 Å². The summed E-state index contributed by atoms with van der Waals surface area (Å²) in [5.41, 5.74) is 0.553. The number of carbonyl (C=O) groups excluding carboxylic acids is 2. The molecule has 0 aliphatic carbocycles. The van der Waals surface area contributed by atoms with Crippen molar-refractivity contribution in [3.8, 4) is 10.4 Å². The van der Waals surface area contributed by atoms with Crippen molar-refractivity contribution < 1.29 is 14.0 Å². The van der Waals surface area contributed by atoms with Gasteiger partial charge in [0.25, 0.3) is 0 Å². The van der Waals surface area contributed by atoms with E-state index >= 15 is 0 Å². The molecule has 4 nitrogen and oxygen atoms in total. The van der Waals surface area contributed by atoms with Crippen molar-refractivity contribution in [2.24, 2.45) is 5.92 Å². The molecule has 0 saturated heterocycles. The summed E-state index contributed by atoms with van der Waals surface area (Å²) in [6.07, 6.45) is 3.12. The van der Waals surface area contributed by atoms with Gasteiger partial charge in [0.05, 0.1) is 0 Å². The number of benzene rings is 1. The Bertz CT molecular complexity index is 768. The zero-order chi connectivity index (χ0) is 18.2. The Morgan fingerprint density at radius 1 is 1.12 bits per heavy atom. The molecule has 132 valence electrons. The summed E-state index contributed by atoms with van der Waals surface area (Å²) >= 11 is 1.41. The first-order chi connectivity index (χ1) is 12.0. The Morgan fingerprint density at radius 2 is 1.84 bits per heavy atom. The van der Waals surface area contributed by atoms with E-state index in [4.69, 9.17) is 0 Å². The van der Waals surface area contributed by atoms with Gasteiger partial charge in [-0.15, -0.1) is 11.3 Å². The van der Waals surface area contributed by atoms with E-state index in [0.717, 1.165) is 9.75 Å². The van der Waals surface area contributed by atoms with Crippen LogP contribution in [0.25, 0.3) is 16.5 Å². The van der Waals surface area contributed by atoms with Crippen LogP contribution in [0.15, 0.2) is 42.5 Å². The maximum atomic E-state index is 13.8. The zero-order valence-electron chi connectivity index (χ0n) is 14.2. The van der Waals surface area contributed by atoms with E-state index in [9.17, 15) is 14.0 Å². The van der Waals surface area contributed by atoms with E-state index in [0.29, 0.717) is 18.7 Å². The second-order valence-electron chi connectivity index (χ2n) is 5.75. The molecule has 2 aromatic rings. The minimum atomic E-state index is -0.263. The van der Waals surface area contributed by atoms with Gasteiger partial charge in [0.1, 0.15) is 5.82 Å². The van der Waals surface area contributed by atoms with Crippen molar-refractivity contribution in [2.45, 2.75) is 13.8 Å². The Balaban J connectivity index is 1.83. The SMILES string of the molecule is CC(C)C(=O)NCCNC(=O)/C=C/c1ccc(-c2ccccc2F)s1. The van der Waals surface area contributed by atoms with Gasteiger partial charge < -0.3 is 10.6 Å². The lowest BCUT2D eigenvalue weighted by Gasteiger charge is -2.07.